The summed E-state index contributed by atoms with van der Waals surface area (Å²) in [5.41, 5.74) is 0. The number of aliphatic imine (C=N–C) groups is 1. The van der Waals surface area contributed by atoms with Crippen LogP contribution in [0.25, 0.3) is 0 Å². The largest absolute Gasteiger partial charge is 0.374 e. The van der Waals surface area contributed by atoms with Crippen LogP contribution in [0.4, 0.5) is 0 Å². The summed E-state index contributed by atoms with van der Waals surface area (Å²) in [4.78, 5) is 11.5. The van der Waals surface area contributed by atoms with Crippen molar-refractivity contribution in [2.75, 3.05) is 45.9 Å². The highest BCUT2D eigenvalue weighted by Gasteiger charge is 2.20. The molecule has 2 N–H and O–H groups in total. The fourth-order valence-corrected chi connectivity index (χ4v) is 3.36. The monoisotopic (exact) mass is 506 g/mol. The molecule has 0 aromatic carbocycles. The van der Waals surface area contributed by atoms with Crippen molar-refractivity contribution in [3.05, 3.63) is 18.2 Å². The Balaban J connectivity index is 0.00000392. The van der Waals surface area contributed by atoms with Gasteiger partial charge in [-0.2, -0.15) is 0 Å². The first kappa shape index (κ1) is 25.2. The topological polar surface area (TPSA) is 66.7 Å². The van der Waals surface area contributed by atoms with E-state index in [9.17, 15) is 0 Å². The molecule has 0 amide bonds. The number of unbranched alkanes of at least 4 members (excludes halogenated alkanes) is 1. The molecular formula is C20H39IN6O. The van der Waals surface area contributed by atoms with Gasteiger partial charge in [0.05, 0.1) is 19.3 Å². The second-order valence-electron chi connectivity index (χ2n) is 7.67. The third kappa shape index (κ3) is 9.56. The molecule has 2 heterocycles. The zero-order chi connectivity index (χ0) is 19.5. The molecule has 1 aliphatic rings. The van der Waals surface area contributed by atoms with Gasteiger partial charge in [0, 0.05) is 51.7 Å². The lowest BCUT2D eigenvalue weighted by atomic mass is 10.2. The van der Waals surface area contributed by atoms with E-state index in [0.717, 1.165) is 70.5 Å². The number of hydrogen-bond acceptors (Lipinski definition) is 4. The minimum absolute atomic E-state index is 0. The Labute approximate surface area is 187 Å². The third-order valence-electron chi connectivity index (χ3n) is 4.69. The Bertz CT molecular complexity index is 563. The van der Waals surface area contributed by atoms with Crippen molar-refractivity contribution in [2.24, 2.45) is 10.9 Å². The highest BCUT2D eigenvalue weighted by molar-refractivity contribution is 14.0. The summed E-state index contributed by atoms with van der Waals surface area (Å²) in [5.74, 6) is 2.66. The van der Waals surface area contributed by atoms with Crippen LogP contribution >= 0.6 is 24.0 Å². The first-order valence-corrected chi connectivity index (χ1v) is 10.4. The first-order chi connectivity index (χ1) is 13.1. The minimum atomic E-state index is 0. The lowest BCUT2D eigenvalue weighted by Gasteiger charge is -2.33. The van der Waals surface area contributed by atoms with Crippen molar-refractivity contribution >= 4 is 29.9 Å². The molecule has 1 aliphatic heterocycles. The second kappa shape index (κ2) is 14.2. The first-order valence-electron chi connectivity index (χ1n) is 10.4. The predicted octanol–water partition coefficient (Wildman–Crippen LogP) is 2.50. The van der Waals surface area contributed by atoms with E-state index in [4.69, 9.17) is 9.73 Å². The van der Waals surface area contributed by atoms with Gasteiger partial charge in [0.2, 0.25) is 0 Å². The van der Waals surface area contributed by atoms with Gasteiger partial charge in [0.15, 0.2) is 5.96 Å². The van der Waals surface area contributed by atoms with E-state index in [0.29, 0.717) is 12.5 Å². The zero-order valence-electron chi connectivity index (χ0n) is 18.0. The minimum Gasteiger partial charge on any atom is -0.374 e. The number of morpholine rings is 1. The van der Waals surface area contributed by atoms with Gasteiger partial charge in [0.25, 0.3) is 0 Å². The summed E-state index contributed by atoms with van der Waals surface area (Å²) in [7, 11) is 0. The average molecular weight is 506 g/mol. The smallest absolute Gasteiger partial charge is 0.191 e. The summed E-state index contributed by atoms with van der Waals surface area (Å²) in [6.07, 6.45) is 6.32. The van der Waals surface area contributed by atoms with E-state index in [-0.39, 0.29) is 30.1 Å². The van der Waals surface area contributed by atoms with Crippen molar-refractivity contribution in [1.29, 1.82) is 0 Å². The van der Waals surface area contributed by atoms with Crippen molar-refractivity contribution in [3.8, 4) is 0 Å². The van der Waals surface area contributed by atoms with Crippen molar-refractivity contribution < 1.29 is 4.74 Å². The van der Waals surface area contributed by atoms with Crippen LogP contribution in [0, 0.1) is 12.8 Å². The highest BCUT2D eigenvalue weighted by Crippen LogP contribution is 2.08. The second-order valence-corrected chi connectivity index (χ2v) is 7.67. The summed E-state index contributed by atoms with van der Waals surface area (Å²) < 4.78 is 8.10. The standard InChI is InChI=1S/C20H38N6O.HI/c1-5-21-20(23-8-6-7-10-26-11-9-22-18(26)4)24-14-19-16-25(12-13-27-19)15-17(2)3;/h9,11,17,19H,5-8,10,12-16H2,1-4H3,(H2,21,23,24);1H. The van der Waals surface area contributed by atoms with Crippen LogP contribution in [0.1, 0.15) is 39.4 Å². The van der Waals surface area contributed by atoms with Crippen molar-refractivity contribution in [2.45, 2.75) is 53.2 Å². The number of rotatable bonds is 10. The number of nitrogens with one attached hydrogen (secondary N) is 2. The fourth-order valence-electron chi connectivity index (χ4n) is 3.36. The molecule has 1 aromatic rings. The van der Waals surface area contributed by atoms with Crippen LogP contribution in [0.2, 0.25) is 0 Å². The van der Waals surface area contributed by atoms with E-state index in [1.807, 2.05) is 19.3 Å². The van der Waals surface area contributed by atoms with Gasteiger partial charge in [-0.1, -0.05) is 13.8 Å². The summed E-state index contributed by atoms with van der Waals surface area (Å²) >= 11 is 0. The zero-order valence-corrected chi connectivity index (χ0v) is 20.3. The van der Waals surface area contributed by atoms with Crippen LogP contribution in [-0.4, -0.2) is 72.4 Å². The number of guanidine groups is 1. The maximum absolute atomic E-state index is 5.90. The number of aryl methyl sites for hydroxylation is 2. The number of nitrogens with zero attached hydrogens (tertiary/aromatic N) is 4. The predicted molar refractivity (Wildman–Crippen MR) is 127 cm³/mol. The molecule has 1 atom stereocenters. The Morgan fingerprint density at radius 3 is 2.86 bits per heavy atom. The molecule has 1 unspecified atom stereocenters. The number of aromatic nitrogens is 2. The molecule has 0 aliphatic carbocycles. The molecule has 28 heavy (non-hydrogen) atoms. The number of halogens is 1. The molecule has 1 aromatic heterocycles. The van der Waals surface area contributed by atoms with Gasteiger partial charge in [-0.3, -0.25) is 9.89 Å². The Kier molecular flexibility index (Phi) is 12.7. The molecule has 0 radical (unpaired) electrons. The van der Waals surface area contributed by atoms with Crippen molar-refractivity contribution in [3.63, 3.8) is 0 Å². The van der Waals surface area contributed by atoms with Gasteiger partial charge in [0.1, 0.15) is 5.82 Å². The van der Waals surface area contributed by atoms with E-state index in [1.165, 1.54) is 0 Å². The normalized spacial score (nSPS) is 18.2. The maximum atomic E-state index is 5.90. The van der Waals surface area contributed by atoms with Gasteiger partial charge in [-0.25, -0.2) is 4.98 Å². The molecule has 1 fully saturated rings. The van der Waals surface area contributed by atoms with E-state index in [1.54, 1.807) is 0 Å². The van der Waals surface area contributed by atoms with E-state index in [2.05, 4.69) is 45.9 Å². The Morgan fingerprint density at radius 1 is 1.36 bits per heavy atom. The SMILES string of the molecule is CCNC(=NCC1CN(CC(C)C)CCO1)NCCCCn1ccnc1C.I. The molecule has 0 saturated carbocycles. The third-order valence-corrected chi connectivity index (χ3v) is 4.69. The molecule has 0 bridgehead atoms. The van der Waals surface area contributed by atoms with Crippen LogP contribution in [0.3, 0.4) is 0 Å². The van der Waals surface area contributed by atoms with Crippen LogP contribution < -0.4 is 10.6 Å². The van der Waals surface area contributed by atoms with Crippen LogP contribution in [-0.2, 0) is 11.3 Å². The highest BCUT2D eigenvalue weighted by atomic mass is 127. The number of imidazole rings is 1. The average Bonchev–Trinajstić information content (AvgIpc) is 3.04. The lowest BCUT2D eigenvalue weighted by Crippen LogP contribution is -2.46. The molecule has 0 spiro atoms. The molecular weight excluding hydrogens is 467 g/mol. The number of ether oxygens (including phenoxy) is 1. The van der Waals surface area contributed by atoms with Crippen LogP contribution in [0.5, 0.6) is 0 Å². The summed E-state index contributed by atoms with van der Waals surface area (Å²) in [5, 5.41) is 6.78. The Hall–Kier alpha value is -0.870. The summed E-state index contributed by atoms with van der Waals surface area (Å²) in [6.45, 7) is 16.1. The summed E-state index contributed by atoms with van der Waals surface area (Å²) in [6, 6.07) is 0. The Morgan fingerprint density at radius 2 is 2.18 bits per heavy atom. The van der Waals surface area contributed by atoms with Gasteiger partial charge in [-0.15, -0.1) is 24.0 Å². The molecule has 8 heteroatoms. The molecule has 1 saturated heterocycles. The van der Waals surface area contributed by atoms with Crippen LogP contribution in [0.15, 0.2) is 17.4 Å². The molecule has 7 nitrogen and oxygen atoms in total. The maximum Gasteiger partial charge on any atom is 0.191 e. The van der Waals surface area contributed by atoms with Gasteiger partial charge < -0.3 is 19.9 Å². The quantitative estimate of drug-likeness (QED) is 0.221. The van der Waals surface area contributed by atoms with E-state index < -0.39 is 0 Å². The van der Waals surface area contributed by atoms with Gasteiger partial charge >= 0.3 is 0 Å². The lowest BCUT2D eigenvalue weighted by molar-refractivity contribution is -0.0261. The van der Waals surface area contributed by atoms with E-state index >= 15 is 0 Å². The van der Waals surface area contributed by atoms with Crippen molar-refractivity contribution in [1.82, 2.24) is 25.1 Å². The molecule has 162 valence electrons. The molecule has 2 rings (SSSR count). The van der Waals surface area contributed by atoms with Gasteiger partial charge in [-0.05, 0) is 32.6 Å². The number of hydrogen-bond donors (Lipinski definition) is 2. The fraction of sp³-hybridized carbons (Fsp3) is 0.800.